The number of rotatable bonds is 8. The molecule has 2 amide bonds. The van der Waals surface area contributed by atoms with Gasteiger partial charge in [0, 0.05) is 16.9 Å². The molecule has 5 nitrogen and oxygen atoms in total. The highest BCUT2D eigenvalue weighted by atomic mass is 19.4. The molecule has 2 aromatic rings. The molecule has 3 rings (SSSR count). The number of anilines is 2. The van der Waals surface area contributed by atoms with Gasteiger partial charge >= 0.3 is 6.18 Å². The van der Waals surface area contributed by atoms with Crippen molar-refractivity contribution in [3.05, 3.63) is 71.3 Å². The van der Waals surface area contributed by atoms with Gasteiger partial charge in [-0.2, -0.15) is 13.2 Å². The zero-order chi connectivity index (χ0) is 23.0. The van der Waals surface area contributed by atoms with Crippen molar-refractivity contribution >= 4 is 23.2 Å². The highest BCUT2D eigenvalue weighted by Gasteiger charge is 2.30. The van der Waals surface area contributed by atoms with Crippen molar-refractivity contribution in [2.75, 3.05) is 23.7 Å². The first kappa shape index (κ1) is 23.5. The molecule has 3 N–H and O–H groups in total. The zero-order valence-corrected chi connectivity index (χ0v) is 17.6. The lowest BCUT2D eigenvalue weighted by molar-refractivity contribution is -0.137. The van der Waals surface area contributed by atoms with Crippen LogP contribution in [0.5, 0.6) is 0 Å². The summed E-state index contributed by atoms with van der Waals surface area (Å²) in [5, 5.41) is 8.29. The molecule has 0 atom stereocenters. The largest absolute Gasteiger partial charge is 0.416 e. The minimum Gasteiger partial charge on any atom is -0.325 e. The standard InChI is InChI=1S/C24H26F3N3O2/c25-24(26,27)19-9-5-11-21(15-19)30-23(32)18-8-4-10-20(14-18)29-22(31)16-28-13-12-17-6-2-1-3-7-17/h4-6,8-11,14-15,28H,1-3,7,12-13,16H2,(H,29,31)(H,30,32). The molecule has 0 heterocycles. The summed E-state index contributed by atoms with van der Waals surface area (Å²) in [5.41, 5.74) is 1.28. The molecule has 1 aliphatic rings. The van der Waals surface area contributed by atoms with Crippen molar-refractivity contribution in [3.8, 4) is 0 Å². The molecule has 2 aromatic carbocycles. The van der Waals surface area contributed by atoms with E-state index in [1.807, 2.05) is 0 Å². The van der Waals surface area contributed by atoms with Crippen LogP contribution in [0.1, 0.15) is 48.0 Å². The molecule has 32 heavy (non-hydrogen) atoms. The van der Waals surface area contributed by atoms with Crippen molar-refractivity contribution in [1.29, 1.82) is 0 Å². The number of allylic oxidation sites excluding steroid dienone is 1. The van der Waals surface area contributed by atoms with Crippen LogP contribution in [0.3, 0.4) is 0 Å². The lowest BCUT2D eigenvalue weighted by Gasteiger charge is -2.13. The fraction of sp³-hybridized carbons (Fsp3) is 0.333. The molecule has 0 aromatic heterocycles. The van der Waals surface area contributed by atoms with Crippen LogP contribution in [-0.4, -0.2) is 24.9 Å². The van der Waals surface area contributed by atoms with Gasteiger partial charge in [-0.25, -0.2) is 0 Å². The van der Waals surface area contributed by atoms with Gasteiger partial charge in [0.2, 0.25) is 5.91 Å². The van der Waals surface area contributed by atoms with Crippen molar-refractivity contribution in [1.82, 2.24) is 5.32 Å². The number of carbonyl (C=O) groups is 2. The van der Waals surface area contributed by atoms with Crippen LogP contribution < -0.4 is 16.0 Å². The van der Waals surface area contributed by atoms with Gasteiger partial charge in [-0.15, -0.1) is 0 Å². The molecule has 1 aliphatic carbocycles. The van der Waals surface area contributed by atoms with E-state index in [1.165, 1.54) is 42.7 Å². The second-order valence-electron chi connectivity index (χ2n) is 7.70. The Morgan fingerprint density at radius 2 is 1.69 bits per heavy atom. The van der Waals surface area contributed by atoms with Gasteiger partial charge in [0.25, 0.3) is 5.91 Å². The van der Waals surface area contributed by atoms with E-state index in [9.17, 15) is 22.8 Å². The molecule has 0 saturated heterocycles. The Bertz CT molecular complexity index is 986. The molecule has 0 saturated carbocycles. The van der Waals surface area contributed by atoms with Gasteiger partial charge in [0.1, 0.15) is 0 Å². The van der Waals surface area contributed by atoms with Crippen LogP contribution in [0.15, 0.2) is 60.2 Å². The Hall–Kier alpha value is -3.13. The Kier molecular flexibility index (Phi) is 8.05. The van der Waals surface area contributed by atoms with Gasteiger partial charge in [0.05, 0.1) is 12.1 Å². The van der Waals surface area contributed by atoms with Crippen LogP contribution in [-0.2, 0) is 11.0 Å². The average Bonchev–Trinajstić information content (AvgIpc) is 2.77. The van der Waals surface area contributed by atoms with Crippen LogP contribution in [0, 0.1) is 0 Å². The van der Waals surface area contributed by atoms with Crippen molar-refractivity contribution in [2.45, 2.75) is 38.3 Å². The predicted octanol–water partition coefficient (Wildman–Crippen LogP) is 5.38. The molecule has 0 unspecified atom stereocenters. The van der Waals surface area contributed by atoms with Crippen LogP contribution in [0.25, 0.3) is 0 Å². The maximum absolute atomic E-state index is 12.8. The second-order valence-corrected chi connectivity index (χ2v) is 7.70. The highest BCUT2D eigenvalue weighted by Crippen LogP contribution is 2.30. The normalized spacial score (nSPS) is 13.9. The van der Waals surface area contributed by atoms with E-state index in [-0.39, 0.29) is 23.7 Å². The van der Waals surface area contributed by atoms with Gasteiger partial charge in [-0.3, -0.25) is 9.59 Å². The van der Waals surface area contributed by atoms with E-state index in [0.717, 1.165) is 37.9 Å². The second kappa shape index (κ2) is 10.9. The van der Waals surface area contributed by atoms with E-state index in [4.69, 9.17) is 0 Å². The van der Waals surface area contributed by atoms with Crippen LogP contribution in [0.4, 0.5) is 24.5 Å². The Morgan fingerprint density at radius 1 is 0.938 bits per heavy atom. The monoisotopic (exact) mass is 445 g/mol. The third-order valence-electron chi connectivity index (χ3n) is 5.15. The summed E-state index contributed by atoms with van der Waals surface area (Å²) in [6, 6.07) is 10.7. The third-order valence-corrected chi connectivity index (χ3v) is 5.15. The zero-order valence-electron chi connectivity index (χ0n) is 17.6. The number of halogens is 3. The summed E-state index contributed by atoms with van der Waals surface area (Å²) in [4.78, 5) is 24.6. The van der Waals surface area contributed by atoms with E-state index in [0.29, 0.717) is 5.69 Å². The fourth-order valence-corrected chi connectivity index (χ4v) is 3.50. The molecular weight excluding hydrogens is 419 g/mol. The number of benzene rings is 2. The summed E-state index contributed by atoms with van der Waals surface area (Å²) in [6.45, 7) is 0.868. The van der Waals surface area contributed by atoms with Crippen molar-refractivity contribution < 1.29 is 22.8 Å². The first-order valence-electron chi connectivity index (χ1n) is 10.6. The molecule has 0 aliphatic heterocycles. The minimum atomic E-state index is -4.49. The quantitative estimate of drug-likeness (QED) is 0.378. The molecule has 8 heteroatoms. The third kappa shape index (κ3) is 7.23. The summed E-state index contributed by atoms with van der Waals surface area (Å²) < 4.78 is 38.5. The highest BCUT2D eigenvalue weighted by molar-refractivity contribution is 6.05. The lowest BCUT2D eigenvalue weighted by Crippen LogP contribution is -2.29. The number of nitrogens with one attached hydrogen (secondary N) is 3. The lowest BCUT2D eigenvalue weighted by atomic mass is 9.97. The smallest absolute Gasteiger partial charge is 0.325 e. The molecule has 0 spiro atoms. The molecule has 0 fully saturated rings. The van der Waals surface area contributed by atoms with Crippen molar-refractivity contribution in [3.63, 3.8) is 0 Å². The molecule has 0 radical (unpaired) electrons. The van der Waals surface area contributed by atoms with E-state index in [1.54, 1.807) is 12.1 Å². The van der Waals surface area contributed by atoms with Crippen LogP contribution in [0.2, 0.25) is 0 Å². The Balaban J connectivity index is 1.50. The van der Waals surface area contributed by atoms with Gasteiger partial charge < -0.3 is 16.0 Å². The molecular formula is C24H26F3N3O2. The van der Waals surface area contributed by atoms with Gasteiger partial charge in [0.15, 0.2) is 0 Å². The summed E-state index contributed by atoms with van der Waals surface area (Å²) in [6.07, 6.45) is 3.45. The molecule has 170 valence electrons. The topological polar surface area (TPSA) is 70.2 Å². The summed E-state index contributed by atoms with van der Waals surface area (Å²) in [7, 11) is 0. The van der Waals surface area contributed by atoms with E-state index in [2.05, 4.69) is 22.0 Å². The summed E-state index contributed by atoms with van der Waals surface area (Å²) in [5.74, 6) is -0.808. The van der Waals surface area contributed by atoms with Crippen LogP contribution >= 0.6 is 0 Å². The number of carbonyl (C=O) groups excluding carboxylic acids is 2. The predicted molar refractivity (Wildman–Crippen MR) is 119 cm³/mol. The average molecular weight is 445 g/mol. The van der Waals surface area contributed by atoms with Gasteiger partial charge in [-0.1, -0.05) is 23.8 Å². The SMILES string of the molecule is O=C(CNCCC1=CCCCC1)Nc1cccc(C(=O)Nc2cccc(C(F)(F)F)c2)c1. The number of amides is 2. The first-order valence-corrected chi connectivity index (χ1v) is 10.6. The van der Waals surface area contributed by atoms with E-state index < -0.39 is 17.6 Å². The van der Waals surface area contributed by atoms with Crippen molar-refractivity contribution in [2.24, 2.45) is 0 Å². The maximum atomic E-state index is 12.8. The number of hydrogen-bond acceptors (Lipinski definition) is 3. The minimum absolute atomic E-state index is 0.0385. The van der Waals surface area contributed by atoms with E-state index >= 15 is 0 Å². The van der Waals surface area contributed by atoms with Gasteiger partial charge in [-0.05, 0) is 75.0 Å². The number of hydrogen-bond donors (Lipinski definition) is 3. The first-order chi connectivity index (χ1) is 15.3. The molecule has 0 bridgehead atoms. The Labute approximate surface area is 185 Å². The Morgan fingerprint density at radius 3 is 2.41 bits per heavy atom. The number of alkyl halides is 3. The fourth-order valence-electron chi connectivity index (χ4n) is 3.50. The maximum Gasteiger partial charge on any atom is 0.416 e. The summed E-state index contributed by atoms with van der Waals surface area (Å²) >= 11 is 0.